The number of thiazole rings is 1. The van der Waals surface area contributed by atoms with E-state index in [0.717, 1.165) is 22.1 Å². The summed E-state index contributed by atoms with van der Waals surface area (Å²) in [6.45, 7) is 7.83. The summed E-state index contributed by atoms with van der Waals surface area (Å²) in [5.74, 6) is 0.684. The quantitative estimate of drug-likeness (QED) is 0.535. The molecule has 144 valence electrons. The molecular weight excluding hydrogens is 390 g/mol. The zero-order valence-corrected chi connectivity index (χ0v) is 18.1. The fourth-order valence-electron chi connectivity index (χ4n) is 2.03. The van der Waals surface area contributed by atoms with Crippen molar-refractivity contribution < 1.29 is 8.42 Å². The molecule has 0 atom stereocenters. The molecule has 0 aliphatic carbocycles. The Hall–Kier alpha value is -1.49. The highest BCUT2D eigenvalue weighted by Gasteiger charge is 2.19. The molecule has 0 aliphatic rings. The van der Waals surface area contributed by atoms with Crippen LogP contribution in [0, 0.1) is 13.8 Å². The molecule has 2 aromatic heterocycles. The third-order valence-electron chi connectivity index (χ3n) is 3.59. The summed E-state index contributed by atoms with van der Waals surface area (Å²) in [5, 5.41) is 7.48. The van der Waals surface area contributed by atoms with Crippen LogP contribution < -0.4 is 10.6 Å². The molecule has 7 nitrogen and oxygen atoms in total. The monoisotopic (exact) mass is 415 g/mol. The zero-order chi connectivity index (χ0) is 19.3. The van der Waals surface area contributed by atoms with Crippen LogP contribution in [0.4, 0.5) is 0 Å². The van der Waals surface area contributed by atoms with Crippen LogP contribution in [0.15, 0.2) is 21.3 Å². The molecule has 0 amide bonds. The van der Waals surface area contributed by atoms with E-state index in [1.165, 1.54) is 34.6 Å². The van der Waals surface area contributed by atoms with Crippen LogP contribution in [0.2, 0.25) is 0 Å². The largest absolute Gasteiger partial charge is 0.357 e. The average molecular weight is 416 g/mol. The molecule has 2 rings (SSSR count). The van der Waals surface area contributed by atoms with Gasteiger partial charge in [0.05, 0.1) is 18.8 Å². The van der Waals surface area contributed by atoms with Gasteiger partial charge in [-0.25, -0.2) is 22.7 Å². The van der Waals surface area contributed by atoms with Crippen LogP contribution in [-0.2, 0) is 23.1 Å². The van der Waals surface area contributed by atoms with Gasteiger partial charge in [0.25, 0.3) is 10.0 Å². The highest BCUT2D eigenvalue weighted by atomic mass is 32.2. The first-order chi connectivity index (χ1) is 12.2. The molecule has 2 heterocycles. The van der Waals surface area contributed by atoms with Crippen LogP contribution >= 0.6 is 22.7 Å². The van der Waals surface area contributed by atoms with Crippen LogP contribution in [-0.4, -0.2) is 44.3 Å². The third kappa shape index (κ3) is 5.26. The van der Waals surface area contributed by atoms with E-state index in [1.54, 1.807) is 17.4 Å². The van der Waals surface area contributed by atoms with Gasteiger partial charge in [-0.15, -0.1) is 22.7 Å². The first kappa shape index (κ1) is 20.8. The smallest absolute Gasteiger partial charge is 0.252 e. The number of hydrogen-bond acceptors (Lipinski definition) is 6. The van der Waals surface area contributed by atoms with E-state index in [1.807, 2.05) is 19.9 Å². The number of thiophene rings is 1. The SMILES string of the molecule is CCNC(=NCc1ccc(S(=O)(=O)N(C)C)s1)NCc1nc(C)c(C)s1. The average Bonchev–Trinajstić information content (AvgIpc) is 3.17. The molecule has 0 aromatic carbocycles. The number of nitrogens with zero attached hydrogens (tertiary/aromatic N) is 3. The molecule has 26 heavy (non-hydrogen) atoms. The lowest BCUT2D eigenvalue weighted by molar-refractivity contribution is 0.523. The van der Waals surface area contributed by atoms with Crippen molar-refractivity contribution in [2.45, 2.75) is 38.1 Å². The van der Waals surface area contributed by atoms with Crippen molar-refractivity contribution in [2.24, 2.45) is 4.99 Å². The van der Waals surface area contributed by atoms with Gasteiger partial charge in [0.2, 0.25) is 0 Å². The highest BCUT2D eigenvalue weighted by Crippen LogP contribution is 2.24. The van der Waals surface area contributed by atoms with E-state index in [9.17, 15) is 8.42 Å². The first-order valence-electron chi connectivity index (χ1n) is 8.20. The van der Waals surface area contributed by atoms with Gasteiger partial charge in [-0.2, -0.15) is 0 Å². The van der Waals surface area contributed by atoms with Gasteiger partial charge < -0.3 is 10.6 Å². The Kier molecular flexibility index (Phi) is 7.16. The van der Waals surface area contributed by atoms with E-state index in [-0.39, 0.29) is 0 Å². The predicted molar refractivity (Wildman–Crippen MR) is 108 cm³/mol. The normalized spacial score (nSPS) is 12.6. The second-order valence-corrected chi connectivity index (χ2v) is 10.6. The lowest BCUT2D eigenvalue weighted by Gasteiger charge is -2.10. The highest BCUT2D eigenvalue weighted by molar-refractivity contribution is 7.91. The summed E-state index contributed by atoms with van der Waals surface area (Å²) < 4.78 is 25.8. The number of aryl methyl sites for hydroxylation is 2. The van der Waals surface area contributed by atoms with Crippen molar-refractivity contribution in [1.82, 2.24) is 19.9 Å². The molecule has 2 aromatic rings. The molecule has 10 heteroatoms. The summed E-state index contributed by atoms with van der Waals surface area (Å²) >= 11 is 2.92. The molecule has 2 N–H and O–H groups in total. The van der Waals surface area contributed by atoms with Crippen molar-refractivity contribution >= 4 is 38.7 Å². The van der Waals surface area contributed by atoms with E-state index in [4.69, 9.17) is 0 Å². The fraction of sp³-hybridized carbons (Fsp3) is 0.500. The van der Waals surface area contributed by atoms with Crippen LogP contribution in [0.25, 0.3) is 0 Å². The van der Waals surface area contributed by atoms with E-state index < -0.39 is 10.0 Å². The Bertz CT molecular complexity index is 849. The Morgan fingerprint density at radius 2 is 1.96 bits per heavy atom. The molecule has 0 saturated heterocycles. The molecule has 0 aliphatic heterocycles. The molecular formula is C16H25N5O2S3. The number of nitrogens with one attached hydrogen (secondary N) is 2. The first-order valence-corrected chi connectivity index (χ1v) is 11.3. The minimum atomic E-state index is -3.39. The minimum absolute atomic E-state index is 0.333. The molecule has 0 saturated carbocycles. The standard InChI is InChI=1S/C16H25N5O2S3/c1-6-17-16(19-10-14-20-11(2)12(3)24-14)18-9-13-7-8-15(25-13)26(22,23)21(4)5/h7-8H,6,9-10H2,1-5H3,(H2,17,18,19). The lowest BCUT2D eigenvalue weighted by Crippen LogP contribution is -2.36. The Morgan fingerprint density at radius 3 is 2.54 bits per heavy atom. The second kappa shape index (κ2) is 8.94. The molecule has 0 fully saturated rings. The number of hydrogen-bond donors (Lipinski definition) is 2. The van der Waals surface area contributed by atoms with E-state index in [2.05, 4.69) is 27.5 Å². The minimum Gasteiger partial charge on any atom is -0.357 e. The van der Waals surface area contributed by atoms with Crippen LogP contribution in [0.1, 0.15) is 27.4 Å². The lowest BCUT2D eigenvalue weighted by atomic mass is 10.4. The van der Waals surface area contributed by atoms with Crippen molar-refractivity contribution in [1.29, 1.82) is 0 Å². The van der Waals surface area contributed by atoms with Gasteiger partial charge in [-0.05, 0) is 32.9 Å². The number of aromatic nitrogens is 1. The number of sulfonamides is 1. The Morgan fingerprint density at radius 1 is 1.23 bits per heavy atom. The van der Waals surface area contributed by atoms with E-state index in [0.29, 0.717) is 23.3 Å². The van der Waals surface area contributed by atoms with Crippen molar-refractivity contribution in [3.8, 4) is 0 Å². The Balaban J connectivity index is 2.03. The number of guanidine groups is 1. The number of rotatable bonds is 7. The third-order valence-corrected chi connectivity index (χ3v) is 8.01. The van der Waals surface area contributed by atoms with Gasteiger partial charge in [0.1, 0.15) is 9.22 Å². The van der Waals surface area contributed by atoms with Gasteiger partial charge >= 0.3 is 0 Å². The summed E-state index contributed by atoms with van der Waals surface area (Å²) in [6, 6.07) is 3.44. The van der Waals surface area contributed by atoms with Crippen LogP contribution in [0.5, 0.6) is 0 Å². The zero-order valence-electron chi connectivity index (χ0n) is 15.7. The van der Waals surface area contributed by atoms with Crippen molar-refractivity contribution in [2.75, 3.05) is 20.6 Å². The van der Waals surface area contributed by atoms with Crippen LogP contribution in [0.3, 0.4) is 0 Å². The fourth-order valence-corrected chi connectivity index (χ4v) is 5.36. The summed E-state index contributed by atoms with van der Waals surface area (Å²) in [7, 11) is -0.328. The van der Waals surface area contributed by atoms with Gasteiger partial charge in [-0.3, -0.25) is 0 Å². The summed E-state index contributed by atoms with van der Waals surface area (Å²) in [5.41, 5.74) is 1.06. The van der Waals surface area contributed by atoms with Gasteiger partial charge in [0, 0.05) is 30.4 Å². The number of aliphatic imine (C=N–C) groups is 1. The van der Waals surface area contributed by atoms with Crippen molar-refractivity contribution in [3.63, 3.8) is 0 Å². The maximum Gasteiger partial charge on any atom is 0.252 e. The van der Waals surface area contributed by atoms with Gasteiger partial charge in [-0.1, -0.05) is 0 Å². The maximum atomic E-state index is 12.1. The van der Waals surface area contributed by atoms with E-state index >= 15 is 0 Å². The molecule has 0 spiro atoms. The molecule has 0 bridgehead atoms. The predicted octanol–water partition coefficient (Wildman–Crippen LogP) is 2.33. The maximum absolute atomic E-state index is 12.1. The Labute approximate surface area is 163 Å². The van der Waals surface area contributed by atoms with Crippen molar-refractivity contribution in [3.05, 3.63) is 32.6 Å². The second-order valence-electron chi connectivity index (χ2n) is 5.81. The summed E-state index contributed by atoms with van der Waals surface area (Å²) in [6.07, 6.45) is 0. The van der Waals surface area contributed by atoms with Gasteiger partial charge in [0.15, 0.2) is 5.96 Å². The molecule has 0 radical (unpaired) electrons. The summed E-state index contributed by atoms with van der Waals surface area (Å²) in [4.78, 5) is 11.2. The molecule has 0 unspecified atom stereocenters. The topological polar surface area (TPSA) is 86.7 Å².